The van der Waals surface area contributed by atoms with E-state index in [1.807, 2.05) is 13.8 Å². The molecule has 6 heteroatoms. The largest absolute Gasteiger partial charge is 0.395 e. The van der Waals surface area contributed by atoms with E-state index in [-0.39, 0.29) is 11.6 Å². The van der Waals surface area contributed by atoms with Crippen LogP contribution in [0.1, 0.15) is 34.6 Å². The van der Waals surface area contributed by atoms with Gasteiger partial charge in [-0.15, -0.1) is 0 Å². The highest BCUT2D eigenvalue weighted by Gasteiger charge is 2.90. The van der Waals surface area contributed by atoms with Crippen LogP contribution in [0.2, 0.25) is 18.1 Å². The van der Waals surface area contributed by atoms with Crippen molar-refractivity contribution >= 4 is 19.9 Å². The van der Waals surface area contributed by atoms with Gasteiger partial charge in [-0.3, -0.25) is 0 Å². The van der Waals surface area contributed by atoms with Gasteiger partial charge in [0.15, 0.2) is 0 Å². The molecule has 2 fully saturated rings. The number of halogens is 1. The summed E-state index contributed by atoms with van der Waals surface area (Å²) in [5.74, 6) is 0. The van der Waals surface area contributed by atoms with Crippen LogP contribution in [0.4, 0.5) is 0 Å². The molecule has 1 aliphatic heterocycles. The molecule has 0 aromatic heterocycles. The summed E-state index contributed by atoms with van der Waals surface area (Å²) in [5.41, 5.74) is -3.91. The first kappa shape index (κ1) is 16.7. The van der Waals surface area contributed by atoms with Crippen LogP contribution in [0.5, 0.6) is 0 Å². The molecular formula is C14H28ClNO3Si. The lowest BCUT2D eigenvalue weighted by Crippen LogP contribution is -2.61. The molecule has 4 nitrogen and oxygen atoms in total. The number of aliphatic hydroxyl groups excluding tert-OH is 1. The zero-order chi connectivity index (χ0) is 15.9. The molecule has 1 aliphatic carbocycles. The highest BCUT2D eigenvalue weighted by molar-refractivity contribution is 6.81. The molecular weight excluding hydrogens is 294 g/mol. The number of fused-ring (bicyclic) bond motifs is 1. The minimum Gasteiger partial charge on any atom is -0.395 e. The second kappa shape index (κ2) is 4.00. The molecule has 2 aliphatic rings. The third-order valence-electron chi connectivity index (χ3n) is 6.64. The van der Waals surface area contributed by atoms with Gasteiger partial charge in [0.2, 0.25) is 0 Å². The molecule has 1 heterocycles. The molecule has 0 radical (unpaired) electrons. The minimum atomic E-state index is -2.11. The van der Waals surface area contributed by atoms with Crippen molar-refractivity contribution in [1.82, 2.24) is 4.42 Å². The number of piperidine rings is 1. The first-order chi connectivity index (χ1) is 8.66. The molecule has 0 bridgehead atoms. The number of nitrogens with zero attached hydrogens (tertiary/aromatic N) is 1. The second-order valence-electron chi connectivity index (χ2n) is 8.67. The molecule has 118 valence electrons. The van der Waals surface area contributed by atoms with Gasteiger partial charge in [0, 0.05) is 12.0 Å². The zero-order valence-corrected chi connectivity index (χ0v) is 15.3. The van der Waals surface area contributed by atoms with Crippen molar-refractivity contribution in [3.05, 3.63) is 0 Å². The van der Waals surface area contributed by atoms with Crippen molar-refractivity contribution in [2.75, 3.05) is 6.54 Å². The Hall–Kier alpha value is 0.347. The highest BCUT2D eigenvalue weighted by Crippen LogP contribution is 2.72. The Morgan fingerprint density at radius 3 is 2.05 bits per heavy atom. The standard InChI is InChI=1S/C14H28ClNO3Si/c1-11(2,3)20(6,7)10(17)9-14(19)12(4,5)13(14,18)8-16(9)15/h9-10,17-19H,8H2,1-7H3/t9-,10?,13-,14+/m1/s1. The molecule has 1 unspecified atom stereocenters. The fourth-order valence-electron chi connectivity index (χ4n) is 3.63. The van der Waals surface area contributed by atoms with Gasteiger partial charge in [0.05, 0.1) is 19.8 Å². The van der Waals surface area contributed by atoms with Crippen molar-refractivity contribution in [2.24, 2.45) is 5.41 Å². The Labute approximate surface area is 127 Å². The molecule has 3 N–H and O–H groups in total. The van der Waals surface area contributed by atoms with Gasteiger partial charge in [0.25, 0.3) is 0 Å². The van der Waals surface area contributed by atoms with E-state index in [2.05, 4.69) is 33.9 Å². The Balaban J connectivity index is 2.39. The summed E-state index contributed by atoms with van der Waals surface area (Å²) >= 11 is 6.24. The van der Waals surface area contributed by atoms with Gasteiger partial charge < -0.3 is 15.3 Å². The lowest BCUT2D eigenvalue weighted by molar-refractivity contribution is 0.000963. The number of hydrogen-bond acceptors (Lipinski definition) is 4. The number of β-amino-alcohol motifs (C(OH)–C–C–N with tert-alkyl or cyclic N) is 1. The normalized spacial score (nSPS) is 42.5. The van der Waals surface area contributed by atoms with Crippen molar-refractivity contribution < 1.29 is 15.3 Å². The fourth-order valence-corrected chi connectivity index (χ4v) is 6.24. The zero-order valence-electron chi connectivity index (χ0n) is 13.5. The Morgan fingerprint density at radius 2 is 1.70 bits per heavy atom. The van der Waals surface area contributed by atoms with E-state index in [4.69, 9.17) is 11.8 Å². The Bertz CT molecular complexity index is 437. The first-order valence-electron chi connectivity index (χ1n) is 7.21. The average molecular weight is 322 g/mol. The molecule has 1 saturated carbocycles. The predicted octanol–water partition coefficient (Wildman–Crippen LogP) is 1.73. The monoisotopic (exact) mass is 321 g/mol. The summed E-state index contributed by atoms with van der Waals surface area (Å²) in [6, 6.07) is -0.620. The summed E-state index contributed by atoms with van der Waals surface area (Å²) in [6.45, 7) is 14.4. The summed E-state index contributed by atoms with van der Waals surface area (Å²) < 4.78 is 1.41. The van der Waals surface area contributed by atoms with Crippen LogP contribution in [-0.4, -0.2) is 57.3 Å². The van der Waals surface area contributed by atoms with Crippen LogP contribution in [0, 0.1) is 5.41 Å². The molecule has 0 aromatic rings. The van der Waals surface area contributed by atoms with Crippen LogP contribution in [0.15, 0.2) is 0 Å². The van der Waals surface area contributed by atoms with Crippen LogP contribution >= 0.6 is 11.8 Å². The predicted molar refractivity (Wildman–Crippen MR) is 83.2 cm³/mol. The van der Waals surface area contributed by atoms with Crippen LogP contribution in [0.25, 0.3) is 0 Å². The van der Waals surface area contributed by atoms with E-state index < -0.39 is 36.5 Å². The number of aliphatic hydroxyl groups is 3. The number of rotatable bonds is 2. The van der Waals surface area contributed by atoms with Crippen molar-refractivity contribution in [2.45, 2.75) is 75.7 Å². The van der Waals surface area contributed by atoms with Gasteiger partial charge in [-0.25, -0.2) is 4.42 Å². The summed E-state index contributed by atoms with van der Waals surface area (Å²) in [4.78, 5) is 0. The molecule has 0 aromatic carbocycles. The first-order valence-corrected chi connectivity index (χ1v) is 10.6. The van der Waals surface area contributed by atoms with Crippen molar-refractivity contribution in [3.63, 3.8) is 0 Å². The van der Waals surface area contributed by atoms with Crippen molar-refractivity contribution in [3.8, 4) is 0 Å². The third kappa shape index (κ3) is 1.57. The summed E-state index contributed by atoms with van der Waals surface area (Å²) in [5, 5.41) is 32.5. The molecule has 2 rings (SSSR count). The van der Waals surface area contributed by atoms with E-state index in [9.17, 15) is 15.3 Å². The van der Waals surface area contributed by atoms with Gasteiger partial charge in [-0.1, -0.05) is 47.7 Å². The van der Waals surface area contributed by atoms with Crippen LogP contribution in [-0.2, 0) is 0 Å². The minimum absolute atomic E-state index is 0.0275. The maximum atomic E-state index is 11.0. The second-order valence-corrected chi connectivity index (χ2v) is 14.6. The summed E-state index contributed by atoms with van der Waals surface area (Å²) in [7, 11) is -2.11. The van der Waals surface area contributed by atoms with Crippen LogP contribution in [0.3, 0.4) is 0 Å². The van der Waals surface area contributed by atoms with E-state index in [1.54, 1.807) is 0 Å². The maximum Gasteiger partial charge on any atom is 0.122 e. The Kier molecular flexibility index (Phi) is 3.34. The molecule has 1 saturated heterocycles. The third-order valence-corrected chi connectivity index (χ3v) is 12.6. The van der Waals surface area contributed by atoms with E-state index in [1.165, 1.54) is 4.42 Å². The van der Waals surface area contributed by atoms with Crippen molar-refractivity contribution in [1.29, 1.82) is 0 Å². The highest BCUT2D eigenvalue weighted by atomic mass is 35.5. The van der Waals surface area contributed by atoms with E-state index in [0.717, 1.165) is 0 Å². The summed E-state index contributed by atoms with van der Waals surface area (Å²) in [6.07, 6.45) is 0. The average Bonchev–Trinajstić information content (AvgIpc) is 2.48. The topological polar surface area (TPSA) is 63.9 Å². The van der Waals surface area contributed by atoms with Gasteiger partial charge in [-0.05, 0) is 16.8 Å². The van der Waals surface area contributed by atoms with Gasteiger partial charge in [-0.2, -0.15) is 0 Å². The maximum absolute atomic E-state index is 11.0. The smallest absolute Gasteiger partial charge is 0.122 e. The van der Waals surface area contributed by atoms with Crippen LogP contribution < -0.4 is 0 Å². The fraction of sp³-hybridized carbons (Fsp3) is 1.00. The van der Waals surface area contributed by atoms with Gasteiger partial charge >= 0.3 is 0 Å². The molecule has 20 heavy (non-hydrogen) atoms. The van der Waals surface area contributed by atoms with E-state index in [0.29, 0.717) is 0 Å². The SMILES string of the molecule is CC1(C)[C@]2(O)CN(Cl)[C@H](C(O)[Si](C)(C)C(C)(C)C)[C@]12O. The number of hydrogen-bond donors (Lipinski definition) is 3. The van der Waals surface area contributed by atoms with E-state index >= 15 is 0 Å². The molecule has 4 atom stereocenters. The molecule has 0 amide bonds. The lowest BCUT2D eigenvalue weighted by atomic mass is 9.99. The lowest BCUT2D eigenvalue weighted by Gasteiger charge is -2.45. The Morgan fingerprint density at radius 1 is 1.25 bits per heavy atom. The molecule has 0 spiro atoms. The van der Waals surface area contributed by atoms with Gasteiger partial charge in [0.1, 0.15) is 11.2 Å². The quantitative estimate of drug-likeness (QED) is 0.535.